The molecule has 0 fully saturated rings. The number of carbonyl (C=O) groups is 1. The standard InChI is InChI=1S/C21H20N2O6S/c1-21(2)28-18-10-7-15(12-19(18)29-21)23-20(24)14-5-8-17(9-6-14)30(25,26)22-13-16-4-3-11-27-16/h3-12,22H,13H2,1-2H3,(H,23,24). The minimum absolute atomic E-state index is 0.0402. The van der Waals surface area contributed by atoms with E-state index in [4.69, 9.17) is 13.9 Å². The van der Waals surface area contributed by atoms with Crippen LogP contribution in [0.2, 0.25) is 0 Å². The quantitative estimate of drug-likeness (QED) is 0.622. The number of rotatable bonds is 6. The van der Waals surface area contributed by atoms with E-state index in [0.717, 1.165) is 0 Å². The third-order valence-electron chi connectivity index (χ3n) is 4.36. The molecule has 2 aromatic carbocycles. The molecular weight excluding hydrogens is 408 g/mol. The van der Waals surface area contributed by atoms with Crippen molar-refractivity contribution in [3.63, 3.8) is 0 Å². The molecule has 0 radical (unpaired) electrons. The molecule has 0 saturated heterocycles. The van der Waals surface area contributed by atoms with Gasteiger partial charge in [0.25, 0.3) is 5.91 Å². The van der Waals surface area contributed by atoms with Gasteiger partial charge in [-0.1, -0.05) is 0 Å². The summed E-state index contributed by atoms with van der Waals surface area (Å²) in [7, 11) is -3.73. The topological polar surface area (TPSA) is 107 Å². The summed E-state index contributed by atoms with van der Waals surface area (Å²) in [4.78, 5) is 12.6. The molecule has 2 N–H and O–H groups in total. The Morgan fingerprint density at radius 3 is 2.43 bits per heavy atom. The highest BCUT2D eigenvalue weighted by molar-refractivity contribution is 7.89. The van der Waals surface area contributed by atoms with Gasteiger partial charge in [-0.15, -0.1) is 0 Å². The summed E-state index contributed by atoms with van der Waals surface area (Å²) in [5.74, 6) is 0.524. The summed E-state index contributed by atoms with van der Waals surface area (Å²) in [6.07, 6.45) is 1.47. The van der Waals surface area contributed by atoms with Crippen LogP contribution in [0.3, 0.4) is 0 Å². The van der Waals surface area contributed by atoms with E-state index < -0.39 is 15.8 Å². The fourth-order valence-corrected chi connectivity index (χ4v) is 3.95. The van der Waals surface area contributed by atoms with Crippen LogP contribution in [0.4, 0.5) is 5.69 Å². The first-order chi connectivity index (χ1) is 14.2. The van der Waals surface area contributed by atoms with Gasteiger partial charge in [-0.05, 0) is 48.5 Å². The first-order valence-electron chi connectivity index (χ1n) is 9.17. The lowest BCUT2D eigenvalue weighted by Gasteiger charge is -2.16. The molecule has 0 aliphatic carbocycles. The fraction of sp³-hybridized carbons (Fsp3) is 0.190. The van der Waals surface area contributed by atoms with E-state index in [9.17, 15) is 13.2 Å². The first-order valence-corrected chi connectivity index (χ1v) is 10.7. The number of anilines is 1. The normalized spacial score (nSPS) is 14.5. The lowest BCUT2D eigenvalue weighted by molar-refractivity contribution is -0.0431. The van der Waals surface area contributed by atoms with Crippen molar-refractivity contribution in [1.82, 2.24) is 4.72 Å². The van der Waals surface area contributed by atoms with Gasteiger partial charge in [-0.25, -0.2) is 13.1 Å². The number of amides is 1. The summed E-state index contributed by atoms with van der Waals surface area (Å²) < 4.78 is 43.6. The Balaban J connectivity index is 1.42. The third-order valence-corrected chi connectivity index (χ3v) is 5.77. The van der Waals surface area contributed by atoms with Crippen molar-refractivity contribution in [2.75, 3.05) is 5.32 Å². The van der Waals surface area contributed by atoms with Crippen molar-refractivity contribution in [2.24, 2.45) is 0 Å². The number of furan rings is 1. The molecule has 3 aromatic rings. The van der Waals surface area contributed by atoms with Gasteiger partial charge in [-0.3, -0.25) is 4.79 Å². The zero-order chi connectivity index (χ0) is 21.4. The molecule has 0 unspecified atom stereocenters. The van der Waals surface area contributed by atoms with Crippen LogP contribution in [0.5, 0.6) is 11.5 Å². The van der Waals surface area contributed by atoms with Gasteiger partial charge in [-0.2, -0.15) is 0 Å². The molecule has 0 bridgehead atoms. The summed E-state index contributed by atoms with van der Waals surface area (Å²) in [5.41, 5.74) is 0.856. The molecule has 1 aliphatic rings. The van der Waals surface area contributed by atoms with Gasteiger partial charge in [0.15, 0.2) is 11.5 Å². The summed E-state index contributed by atoms with van der Waals surface area (Å²) >= 11 is 0. The van der Waals surface area contributed by atoms with E-state index in [1.54, 1.807) is 44.2 Å². The van der Waals surface area contributed by atoms with Crippen molar-refractivity contribution >= 4 is 21.6 Å². The van der Waals surface area contributed by atoms with Gasteiger partial charge < -0.3 is 19.2 Å². The lowest BCUT2D eigenvalue weighted by Crippen LogP contribution is -2.29. The van der Waals surface area contributed by atoms with E-state index in [-0.39, 0.29) is 17.3 Å². The Morgan fingerprint density at radius 2 is 1.73 bits per heavy atom. The Labute approximate surface area is 173 Å². The average molecular weight is 428 g/mol. The molecule has 1 aromatic heterocycles. The predicted octanol–water partition coefficient (Wildman–Crippen LogP) is 3.52. The maximum Gasteiger partial charge on any atom is 0.255 e. The summed E-state index contributed by atoms with van der Waals surface area (Å²) in [6, 6.07) is 14.1. The Hall–Kier alpha value is -3.30. The van der Waals surface area contributed by atoms with Crippen molar-refractivity contribution in [2.45, 2.75) is 31.1 Å². The van der Waals surface area contributed by atoms with Crippen LogP contribution >= 0.6 is 0 Å². The first kappa shape index (κ1) is 20.0. The number of hydrogen-bond acceptors (Lipinski definition) is 6. The van der Waals surface area contributed by atoms with Crippen molar-refractivity contribution in [1.29, 1.82) is 0 Å². The van der Waals surface area contributed by atoms with Gasteiger partial charge in [0.05, 0.1) is 17.7 Å². The number of carbonyl (C=O) groups excluding carboxylic acids is 1. The predicted molar refractivity (Wildman–Crippen MR) is 109 cm³/mol. The van der Waals surface area contributed by atoms with Crippen molar-refractivity contribution < 1.29 is 27.1 Å². The number of hydrogen-bond donors (Lipinski definition) is 2. The van der Waals surface area contributed by atoms with Gasteiger partial charge >= 0.3 is 0 Å². The molecule has 0 saturated carbocycles. The molecule has 30 heavy (non-hydrogen) atoms. The molecule has 2 heterocycles. The van der Waals surface area contributed by atoms with Crippen LogP contribution in [0.15, 0.2) is 70.2 Å². The van der Waals surface area contributed by atoms with E-state index in [1.165, 1.54) is 30.5 Å². The largest absolute Gasteiger partial charge is 0.468 e. The van der Waals surface area contributed by atoms with E-state index in [2.05, 4.69) is 10.0 Å². The molecule has 156 valence electrons. The minimum atomic E-state index is -3.73. The molecule has 9 heteroatoms. The second kappa shape index (κ2) is 7.51. The number of sulfonamides is 1. The lowest BCUT2D eigenvalue weighted by atomic mass is 10.2. The summed E-state index contributed by atoms with van der Waals surface area (Å²) in [6.45, 7) is 3.63. The van der Waals surface area contributed by atoms with Crippen molar-refractivity contribution in [3.05, 3.63) is 72.2 Å². The van der Waals surface area contributed by atoms with E-state index in [1.807, 2.05) is 0 Å². The molecule has 1 amide bonds. The monoisotopic (exact) mass is 428 g/mol. The molecule has 4 rings (SSSR count). The number of ether oxygens (including phenoxy) is 2. The molecule has 8 nitrogen and oxygen atoms in total. The highest BCUT2D eigenvalue weighted by Gasteiger charge is 2.31. The zero-order valence-corrected chi connectivity index (χ0v) is 17.2. The maximum atomic E-state index is 12.5. The van der Waals surface area contributed by atoms with E-state index >= 15 is 0 Å². The smallest absolute Gasteiger partial charge is 0.255 e. The van der Waals surface area contributed by atoms with Gasteiger partial charge in [0.1, 0.15) is 5.76 Å². The van der Waals surface area contributed by atoms with Crippen molar-refractivity contribution in [3.8, 4) is 11.5 Å². The number of nitrogens with one attached hydrogen (secondary N) is 2. The second-order valence-corrected chi connectivity index (χ2v) is 8.91. The van der Waals surface area contributed by atoms with Crippen LogP contribution in [0, 0.1) is 0 Å². The minimum Gasteiger partial charge on any atom is -0.468 e. The Morgan fingerprint density at radius 1 is 1.00 bits per heavy atom. The highest BCUT2D eigenvalue weighted by Crippen LogP contribution is 2.40. The van der Waals surface area contributed by atoms with Crippen LogP contribution in [-0.2, 0) is 16.6 Å². The van der Waals surface area contributed by atoms with Gasteiger partial charge in [0.2, 0.25) is 15.8 Å². The average Bonchev–Trinajstić information content (AvgIpc) is 3.32. The fourth-order valence-electron chi connectivity index (χ4n) is 2.95. The zero-order valence-electron chi connectivity index (χ0n) is 16.3. The SMILES string of the molecule is CC1(C)Oc2ccc(NC(=O)c3ccc(S(=O)(=O)NCc4ccco4)cc3)cc2O1. The van der Waals surface area contributed by atoms with Gasteiger partial charge in [0, 0.05) is 31.2 Å². The van der Waals surface area contributed by atoms with Crippen LogP contribution < -0.4 is 19.5 Å². The highest BCUT2D eigenvalue weighted by atomic mass is 32.2. The molecule has 1 aliphatic heterocycles. The molecule has 0 spiro atoms. The molecular formula is C21H20N2O6S. The Bertz CT molecular complexity index is 1170. The second-order valence-electron chi connectivity index (χ2n) is 7.15. The van der Waals surface area contributed by atoms with Crippen LogP contribution in [-0.4, -0.2) is 20.1 Å². The maximum absolute atomic E-state index is 12.5. The van der Waals surface area contributed by atoms with Crippen LogP contribution in [0.25, 0.3) is 0 Å². The number of fused-ring (bicyclic) bond motifs is 1. The summed E-state index contributed by atoms with van der Waals surface area (Å²) in [5, 5.41) is 2.77. The third kappa shape index (κ3) is 4.32. The van der Waals surface area contributed by atoms with Crippen LogP contribution in [0.1, 0.15) is 30.0 Å². The van der Waals surface area contributed by atoms with E-state index in [0.29, 0.717) is 28.5 Å². The molecule has 0 atom stereocenters. The number of benzene rings is 2. The Kier molecular flexibility index (Phi) is 5.00.